The lowest BCUT2D eigenvalue weighted by molar-refractivity contribution is 0.674. The lowest BCUT2D eigenvalue weighted by atomic mass is 10.2. The van der Waals surface area contributed by atoms with Crippen molar-refractivity contribution < 1.29 is 0 Å². The van der Waals surface area contributed by atoms with Crippen LogP contribution in [0.25, 0.3) is 0 Å². The zero-order valence-corrected chi connectivity index (χ0v) is 10.2. The second kappa shape index (κ2) is 5.71. The summed E-state index contributed by atoms with van der Waals surface area (Å²) in [4.78, 5) is 6.50. The summed E-state index contributed by atoms with van der Waals surface area (Å²) in [6.45, 7) is 6.21. The molecule has 0 unspecified atom stereocenters. The van der Waals surface area contributed by atoms with Crippen molar-refractivity contribution in [1.82, 2.24) is 10.3 Å². The molecule has 0 amide bonds. The zero-order chi connectivity index (χ0) is 11.3. The van der Waals surface area contributed by atoms with Crippen molar-refractivity contribution in [2.45, 2.75) is 26.8 Å². The smallest absolute Gasteiger partial charge is 0.128 e. The first-order valence-electron chi connectivity index (χ1n) is 5.49. The van der Waals surface area contributed by atoms with Gasteiger partial charge in [-0.25, -0.2) is 4.98 Å². The van der Waals surface area contributed by atoms with E-state index in [9.17, 15) is 0 Å². The molecule has 1 rings (SSSR count). The van der Waals surface area contributed by atoms with Crippen LogP contribution < -0.4 is 10.2 Å². The van der Waals surface area contributed by atoms with Crippen LogP contribution in [0.1, 0.15) is 24.6 Å². The van der Waals surface area contributed by atoms with E-state index in [2.05, 4.69) is 29.4 Å². The van der Waals surface area contributed by atoms with Crippen molar-refractivity contribution in [3.05, 3.63) is 23.4 Å². The van der Waals surface area contributed by atoms with Gasteiger partial charge < -0.3 is 10.2 Å². The van der Waals surface area contributed by atoms with Crippen LogP contribution in [0.15, 0.2) is 12.1 Å². The molecule has 1 aromatic heterocycles. The quantitative estimate of drug-likeness (QED) is 0.748. The van der Waals surface area contributed by atoms with E-state index in [1.165, 1.54) is 12.0 Å². The Morgan fingerprint density at radius 1 is 1.33 bits per heavy atom. The van der Waals surface area contributed by atoms with Crippen molar-refractivity contribution in [3.8, 4) is 0 Å². The van der Waals surface area contributed by atoms with Crippen molar-refractivity contribution in [1.29, 1.82) is 0 Å². The number of nitrogens with one attached hydrogen (secondary N) is 1. The van der Waals surface area contributed by atoms with Gasteiger partial charge in [0.05, 0.1) is 0 Å². The number of hydrogen-bond acceptors (Lipinski definition) is 3. The van der Waals surface area contributed by atoms with E-state index >= 15 is 0 Å². The highest BCUT2D eigenvalue weighted by molar-refractivity contribution is 5.40. The number of nitrogens with zero attached hydrogens (tertiary/aromatic N) is 2. The van der Waals surface area contributed by atoms with Crippen molar-refractivity contribution in [3.63, 3.8) is 0 Å². The minimum absolute atomic E-state index is 0.929. The molecule has 1 heterocycles. The second-order valence-electron chi connectivity index (χ2n) is 4.05. The molecular formula is C12H21N3. The van der Waals surface area contributed by atoms with E-state index in [0.717, 1.165) is 24.6 Å². The first-order valence-corrected chi connectivity index (χ1v) is 5.49. The predicted octanol–water partition coefficient (Wildman–Crippen LogP) is 1.96. The van der Waals surface area contributed by atoms with Gasteiger partial charge in [0, 0.05) is 26.3 Å². The fourth-order valence-electron chi connectivity index (χ4n) is 1.46. The number of hydrogen-bond donors (Lipinski definition) is 1. The number of aryl methyl sites for hydroxylation is 1. The molecule has 0 aliphatic carbocycles. The monoisotopic (exact) mass is 207 g/mol. The van der Waals surface area contributed by atoms with Gasteiger partial charge in [-0.15, -0.1) is 0 Å². The van der Waals surface area contributed by atoms with Gasteiger partial charge in [0.2, 0.25) is 0 Å². The summed E-state index contributed by atoms with van der Waals surface area (Å²) in [7, 11) is 4.04. The highest BCUT2D eigenvalue weighted by Crippen LogP contribution is 2.12. The Morgan fingerprint density at radius 3 is 2.67 bits per heavy atom. The first-order chi connectivity index (χ1) is 7.13. The highest BCUT2D eigenvalue weighted by atomic mass is 15.1. The Kier molecular flexibility index (Phi) is 4.56. The standard InChI is InChI=1S/C12H21N3/c1-5-6-13-9-11-7-10(2)14-12(8-11)15(3)4/h7-8,13H,5-6,9H2,1-4H3. The van der Waals surface area contributed by atoms with Crippen LogP contribution in [0.5, 0.6) is 0 Å². The minimum Gasteiger partial charge on any atom is -0.363 e. The molecule has 0 aliphatic heterocycles. The predicted molar refractivity (Wildman–Crippen MR) is 65.3 cm³/mol. The van der Waals surface area contributed by atoms with E-state index in [1.807, 2.05) is 25.9 Å². The van der Waals surface area contributed by atoms with Gasteiger partial charge in [0.1, 0.15) is 5.82 Å². The SMILES string of the molecule is CCCNCc1cc(C)nc(N(C)C)c1. The molecule has 84 valence electrons. The normalized spacial score (nSPS) is 10.4. The maximum absolute atomic E-state index is 4.46. The van der Waals surface area contributed by atoms with Crippen LogP contribution in [0.3, 0.4) is 0 Å². The fraction of sp³-hybridized carbons (Fsp3) is 0.583. The third kappa shape index (κ3) is 3.88. The molecule has 0 saturated carbocycles. The summed E-state index contributed by atoms with van der Waals surface area (Å²) in [5.74, 6) is 1.03. The first kappa shape index (κ1) is 12.0. The maximum atomic E-state index is 4.46. The third-order valence-electron chi connectivity index (χ3n) is 2.21. The van der Waals surface area contributed by atoms with Crippen molar-refractivity contribution in [2.24, 2.45) is 0 Å². The summed E-state index contributed by atoms with van der Waals surface area (Å²) < 4.78 is 0. The zero-order valence-electron chi connectivity index (χ0n) is 10.2. The average Bonchev–Trinajstić information content (AvgIpc) is 2.17. The Morgan fingerprint density at radius 2 is 2.07 bits per heavy atom. The number of aromatic nitrogens is 1. The Hall–Kier alpha value is -1.09. The molecule has 0 bridgehead atoms. The molecule has 0 radical (unpaired) electrons. The summed E-state index contributed by atoms with van der Waals surface area (Å²) in [6.07, 6.45) is 1.17. The summed E-state index contributed by atoms with van der Waals surface area (Å²) in [6, 6.07) is 4.27. The molecule has 0 spiro atoms. The van der Waals surface area contributed by atoms with E-state index in [4.69, 9.17) is 0 Å². The topological polar surface area (TPSA) is 28.2 Å². The molecule has 1 aromatic rings. The largest absolute Gasteiger partial charge is 0.363 e. The van der Waals surface area contributed by atoms with Crippen LogP contribution >= 0.6 is 0 Å². The van der Waals surface area contributed by atoms with Crippen LogP contribution in [-0.2, 0) is 6.54 Å². The molecule has 0 saturated heterocycles. The highest BCUT2D eigenvalue weighted by Gasteiger charge is 2.01. The summed E-state index contributed by atoms with van der Waals surface area (Å²) >= 11 is 0. The summed E-state index contributed by atoms with van der Waals surface area (Å²) in [5.41, 5.74) is 2.38. The third-order valence-corrected chi connectivity index (χ3v) is 2.21. The van der Waals surface area contributed by atoms with E-state index in [1.54, 1.807) is 0 Å². The molecule has 1 N–H and O–H groups in total. The van der Waals surface area contributed by atoms with Crippen LogP contribution in [0, 0.1) is 6.92 Å². The molecule has 0 aliphatic rings. The molecule has 0 fully saturated rings. The van der Waals surface area contributed by atoms with Crippen molar-refractivity contribution >= 4 is 5.82 Å². The molecule has 3 heteroatoms. The lowest BCUT2D eigenvalue weighted by Gasteiger charge is -2.14. The van der Waals surface area contributed by atoms with Gasteiger partial charge in [-0.3, -0.25) is 0 Å². The van der Waals surface area contributed by atoms with Crippen molar-refractivity contribution in [2.75, 3.05) is 25.5 Å². The van der Waals surface area contributed by atoms with E-state index in [-0.39, 0.29) is 0 Å². The molecule has 3 nitrogen and oxygen atoms in total. The number of anilines is 1. The Labute approximate surface area is 92.5 Å². The van der Waals surface area contributed by atoms with Crippen LogP contribution in [-0.4, -0.2) is 25.6 Å². The van der Waals surface area contributed by atoms with Gasteiger partial charge in [-0.05, 0) is 37.6 Å². The molecular weight excluding hydrogens is 186 g/mol. The lowest BCUT2D eigenvalue weighted by Crippen LogP contribution is -2.16. The summed E-state index contributed by atoms with van der Waals surface area (Å²) in [5, 5.41) is 3.40. The van der Waals surface area contributed by atoms with Gasteiger partial charge in [0.25, 0.3) is 0 Å². The second-order valence-corrected chi connectivity index (χ2v) is 4.05. The molecule has 0 atom stereocenters. The number of rotatable bonds is 5. The van der Waals surface area contributed by atoms with Gasteiger partial charge in [-0.2, -0.15) is 0 Å². The maximum Gasteiger partial charge on any atom is 0.128 e. The van der Waals surface area contributed by atoms with Gasteiger partial charge in [-0.1, -0.05) is 6.92 Å². The minimum atomic E-state index is 0.929. The Bertz CT molecular complexity index is 308. The number of pyridine rings is 1. The van der Waals surface area contributed by atoms with Crippen LogP contribution in [0.4, 0.5) is 5.82 Å². The fourth-order valence-corrected chi connectivity index (χ4v) is 1.46. The van der Waals surface area contributed by atoms with Gasteiger partial charge in [0.15, 0.2) is 0 Å². The van der Waals surface area contributed by atoms with Crippen LogP contribution in [0.2, 0.25) is 0 Å². The van der Waals surface area contributed by atoms with Gasteiger partial charge >= 0.3 is 0 Å². The molecule has 0 aromatic carbocycles. The van der Waals surface area contributed by atoms with E-state index < -0.39 is 0 Å². The van der Waals surface area contributed by atoms with E-state index in [0.29, 0.717) is 0 Å². The average molecular weight is 207 g/mol. The Balaban J connectivity index is 2.71. The molecule has 15 heavy (non-hydrogen) atoms.